The highest BCUT2D eigenvalue weighted by molar-refractivity contribution is 8.00. The molecule has 1 aromatic rings. The number of halogens is 2. The van der Waals surface area contributed by atoms with Crippen molar-refractivity contribution in [2.24, 2.45) is 5.73 Å². The predicted molar refractivity (Wildman–Crippen MR) is 49.0 cm³/mol. The molecule has 0 amide bonds. The number of hydrogen-bond acceptors (Lipinski definition) is 2. The maximum atomic E-state index is 12.6. The van der Waals surface area contributed by atoms with E-state index in [2.05, 4.69) is 0 Å². The van der Waals surface area contributed by atoms with Gasteiger partial charge in [-0.15, -0.1) is 11.8 Å². The summed E-state index contributed by atoms with van der Waals surface area (Å²) in [5.74, 6) is -1.46. The lowest BCUT2D eigenvalue weighted by Gasteiger charge is -2.00. The highest BCUT2D eigenvalue weighted by Gasteiger charge is 2.02. The largest absolute Gasteiger partial charge is 0.387 e. The second-order valence-corrected chi connectivity index (χ2v) is 3.44. The summed E-state index contributed by atoms with van der Waals surface area (Å²) in [7, 11) is 0. The lowest BCUT2D eigenvalue weighted by Crippen LogP contribution is -2.11. The van der Waals surface area contributed by atoms with Gasteiger partial charge in [-0.3, -0.25) is 5.41 Å². The van der Waals surface area contributed by atoms with Crippen LogP contribution in [0.3, 0.4) is 0 Å². The summed E-state index contributed by atoms with van der Waals surface area (Å²) in [6.45, 7) is 0. The lowest BCUT2D eigenvalue weighted by atomic mass is 10.3. The molecule has 0 bridgehead atoms. The van der Waals surface area contributed by atoms with E-state index in [0.717, 1.165) is 12.1 Å². The van der Waals surface area contributed by atoms with Crippen LogP contribution < -0.4 is 5.73 Å². The summed E-state index contributed by atoms with van der Waals surface area (Å²) in [4.78, 5) is 0.564. The van der Waals surface area contributed by atoms with Gasteiger partial charge in [-0.05, 0) is 18.2 Å². The molecule has 1 aromatic carbocycles. The maximum Gasteiger partial charge on any atom is 0.159 e. The second-order valence-electron chi connectivity index (χ2n) is 2.39. The van der Waals surface area contributed by atoms with Crippen molar-refractivity contribution in [3.8, 4) is 0 Å². The number of nitrogens with one attached hydrogen (secondary N) is 1. The monoisotopic (exact) mass is 202 g/mol. The molecule has 1 rings (SSSR count). The van der Waals surface area contributed by atoms with Crippen molar-refractivity contribution in [3.05, 3.63) is 29.8 Å². The predicted octanol–water partition coefficient (Wildman–Crippen LogP) is 1.99. The number of thioether (sulfide) groups is 1. The highest BCUT2D eigenvalue weighted by Crippen LogP contribution is 2.19. The Kier molecular flexibility index (Phi) is 3.25. The van der Waals surface area contributed by atoms with Crippen LogP contribution in [0.5, 0.6) is 0 Å². The summed E-state index contributed by atoms with van der Waals surface area (Å²) >= 11 is 1.20. The minimum Gasteiger partial charge on any atom is -0.387 e. The smallest absolute Gasteiger partial charge is 0.159 e. The van der Waals surface area contributed by atoms with Gasteiger partial charge in [0.15, 0.2) is 11.6 Å². The maximum absolute atomic E-state index is 12.6. The Morgan fingerprint density at radius 2 is 2.08 bits per heavy atom. The molecular weight excluding hydrogens is 194 g/mol. The minimum absolute atomic E-state index is 0.00901. The molecule has 0 aromatic heterocycles. The molecule has 2 nitrogen and oxygen atoms in total. The Bertz CT molecular complexity index is 328. The summed E-state index contributed by atoms with van der Waals surface area (Å²) in [6, 6.07) is 3.59. The van der Waals surface area contributed by atoms with Crippen LogP contribution in [0.2, 0.25) is 0 Å². The molecule has 0 radical (unpaired) electrons. The average Bonchev–Trinajstić information content (AvgIpc) is 2.07. The third-order valence-electron chi connectivity index (χ3n) is 1.29. The van der Waals surface area contributed by atoms with E-state index in [4.69, 9.17) is 11.1 Å². The zero-order valence-corrected chi connectivity index (χ0v) is 7.50. The Morgan fingerprint density at radius 1 is 1.38 bits per heavy atom. The van der Waals surface area contributed by atoms with Crippen molar-refractivity contribution in [1.82, 2.24) is 0 Å². The standard InChI is InChI=1S/C8H8F2N2S/c9-6-2-1-5(3-7(6)10)13-4-8(11)12/h1-3H,4H2,(H3,11,12). The van der Waals surface area contributed by atoms with E-state index in [-0.39, 0.29) is 11.6 Å². The molecule has 0 aliphatic heterocycles. The van der Waals surface area contributed by atoms with Crippen LogP contribution in [0.1, 0.15) is 0 Å². The number of rotatable bonds is 3. The molecule has 0 saturated heterocycles. The molecule has 0 aliphatic carbocycles. The zero-order chi connectivity index (χ0) is 9.84. The molecule has 0 spiro atoms. The highest BCUT2D eigenvalue weighted by atomic mass is 32.2. The first-order valence-corrected chi connectivity index (χ1v) is 4.49. The number of amidine groups is 1. The molecule has 3 N–H and O–H groups in total. The van der Waals surface area contributed by atoms with Crippen molar-refractivity contribution in [2.75, 3.05) is 5.75 Å². The van der Waals surface area contributed by atoms with Gasteiger partial charge in [0.1, 0.15) is 5.84 Å². The molecule has 0 aliphatic rings. The molecular formula is C8H8F2N2S. The molecule has 13 heavy (non-hydrogen) atoms. The van der Waals surface area contributed by atoms with E-state index >= 15 is 0 Å². The van der Waals surface area contributed by atoms with Gasteiger partial charge >= 0.3 is 0 Å². The van der Waals surface area contributed by atoms with Gasteiger partial charge in [-0.2, -0.15) is 0 Å². The van der Waals surface area contributed by atoms with E-state index in [1.54, 1.807) is 0 Å². The van der Waals surface area contributed by atoms with Crippen LogP contribution in [0.15, 0.2) is 23.1 Å². The van der Waals surface area contributed by atoms with E-state index in [1.165, 1.54) is 17.8 Å². The summed E-state index contributed by atoms with van der Waals surface area (Å²) in [5.41, 5.74) is 5.10. The Morgan fingerprint density at radius 3 is 2.62 bits per heavy atom. The molecule has 0 heterocycles. The first kappa shape index (κ1) is 9.98. The summed E-state index contributed by atoms with van der Waals surface area (Å²) in [6.07, 6.45) is 0. The zero-order valence-electron chi connectivity index (χ0n) is 6.68. The van der Waals surface area contributed by atoms with Gasteiger partial charge in [0.05, 0.1) is 5.75 Å². The lowest BCUT2D eigenvalue weighted by molar-refractivity contribution is 0.506. The van der Waals surface area contributed by atoms with Crippen LogP contribution in [0.4, 0.5) is 8.78 Å². The van der Waals surface area contributed by atoms with Crippen molar-refractivity contribution in [3.63, 3.8) is 0 Å². The summed E-state index contributed by atoms with van der Waals surface area (Å²) in [5, 5.41) is 6.93. The van der Waals surface area contributed by atoms with Gasteiger partial charge in [-0.1, -0.05) is 0 Å². The van der Waals surface area contributed by atoms with Gasteiger partial charge < -0.3 is 5.73 Å². The van der Waals surface area contributed by atoms with Gasteiger partial charge in [0, 0.05) is 4.90 Å². The fourth-order valence-corrected chi connectivity index (χ4v) is 1.40. The Labute approximate surface area is 78.6 Å². The fourth-order valence-electron chi connectivity index (χ4n) is 0.728. The van der Waals surface area contributed by atoms with E-state index in [1.807, 2.05) is 0 Å². The SMILES string of the molecule is N=C(N)CSc1ccc(F)c(F)c1. The third kappa shape index (κ3) is 3.02. The molecule has 5 heteroatoms. The Balaban J connectivity index is 2.68. The van der Waals surface area contributed by atoms with Crippen LogP contribution in [0.25, 0.3) is 0 Å². The van der Waals surface area contributed by atoms with Crippen LogP contribution >= 0.6 is 11.8 Å². The molecule has 0 saturated carbocycles. The first-order chi connectivity index (χ1) is 6.09. The van der Waals surface area contributed by atoms with Gasteiger partial charge in [0.25, 0.3) is 0 Å². The minimum atomic E-state index is -0.881. The molecule has 70 valence electrons. The van der Waals surface area contributed by atoms with Crippen LogP contribution in [-0.4, -0.2) is 11.6 Å². The molecule has 0 fully saturated rings. The fraction of sp³-hybridized carbons (Fsp3) is 0.125. The number of benzene rings is 1. The van der Waals surface area contributed by atoms with Crippen molar-refractivity contribution in [1.29, 1.82) is 5.41 Å². The van der Waals surface area contributed by atoms with E-state index in [9.17, 15) is 8.78 Å². The normalized spacial score (nSPS) is 10.0. The quantitative estimate of drug-likeness (QED) is 0.447. The van der Waals surface area contributed by atoms with Crippen molar-refractivity contribution < 1.29 is 8.78 Å². The molecule has 0 unspecified atom stereocenters. The van der Waals surface area contributed by atoms with E-state index < -0.39 is 11.6 Å². The first-order valence-electron chi connectivity index (χ1n) is 3.50. The van der Waals surface area contributed by atoms with Crippen LogP contribution in [-0.2, 0) is 0 Å². The Hall–Kier alpha value is -1.10. The second kappa shape index (κ2) is 4.23. The van der Waals surface area contributed by atoms with Gasteiger partial charge in [0.2, 0.25) is 0 Å². The molecule has 0 atom stereocenters. The average molecular weight is 202 g/mol. The third-order valence-corrected chi connectivity index (χ3v) is 2.33. The topological polar surface area (TPSA) is 49.9 Å². The number of nitrogens with two attached hydrogens (primary N) is 1. The van der Waals surface area contributed by atoms with Crippen molar-refractivity contribution in [2.45, 2.75) is 4.90 Å². The van der Waals surface area contributed by atoms with Gasteiger partial charge in [-0.25, -0.2) is 8.78 Å². The van der Waals surface area contributed by atoms with Crippen LogP contribution in [0, 0.1) is 17.0 Å². The van der Waals surface area contributed by atoms with E-state index in [0.29, 0.717) is 4.90 Å². The summed E-state index contributed by atoms with van der Waals surface area (Å²) < 4.78 is 25.1. The number of hydrogen-bond donors (Lipinski definition) is 2. The van der Waals surface area contributed by atoms with Crippen molar-refractivity contribution >= 4 is 17.6 Å².